The van der Waals surface area contributed by atoms with Crippen LogP contribution in [0.5, 0.6) is 5.75 Å². The molecule has 0 aliphatic heterocycles. The Morgan fingerprint density at radius 1 is 1.00 bits per heavy atom. The van der Waals surface area contributed by atoms with Gasteiger partial charge in [-0.15, -0.1) is 0 Å². The molecule has 0 heterocycles. The van der Waals surface area contributed by atoms with Crippen molar-refractivity contribution >= 4 is 23.2 Å². The summed E-state index contributed by atoms with van der Waals surface area (Å²) in [5.41, 5.74) is 5.22. The second-order valence-corrected chi connectivity index (χ2v) is 11.2. The van der Waals surface area contributed by atoms with Crippen LogP contribution in [0.3, 0.4) is 0 Å². The summed E-state index contributed by atoms with van der Waals surface area (Å²) in [6, 6.07) is 11.2. The van der Waals surface area contributed by atoms with E-state index in [4.69, 9.17) is 5.73 Å². The highest BCUT2D eigenvalue weighted by molar-refractivity contribution is 6.22. The Balaban J connectivity index is 1.66. The number of hydrogen-bond acceptors (Lipinski definition) is 7. The first-order valence-corrected chi connectivity index (χ1v) is 12.2. The van der Waals surface area contributed by atoms with Crippen molar-refractivity contribution in [1.29, 1.82) is 0 Å². The van der Waals surface area contributed by atoms with Gasteiger partial charge in [-0.05, 0) is 52.5 Å². The van der Waals surface area contributed by atoms with Crippen LogP contribution in [0.2, 0.25) is 0 Å². The van der Waals surface area contributed by atoms with Crippen LogP contribution in [0.15, 0.2) is 53.3 Å². The molecule has 6 N–H and O–H groups in total. The summed E-state index contributed by atoms with van der Waals surface area (Å²) in [5, 5.41) is 44.0. The van der Waals surface area contributed by atoms with E-state index in [0.29, 0.717) is 5.56 Å². The number of ketones is 2. The molecule has 0 unspecified atom stereocenters. The number of hydrogen-bond donors (Lipinski definition) is 5. The fraction of sp³-hybridized carbons (Fsp3) is 0.345. The molecule has 0 spiro atoms. The maximum Gasteiger partial charge on any atom is 0.255 e. The van der Waals surface area contributed by atoms with Crippen LogP contribution in [0.1, 0.15) is 50.3 Å². The number of rotatable bonds is 2. The standard InChI is InChI=1S/C29H29NO7/c1-28(2,3)15-6-4-13(5-7-15)17-8-9-19(31)22-18(17)11-14-10-16-12-20(32)23(27(30)36)26(35)29(16,37)25(34)21(14)24(22)33/h4-9,14,16,31,33,35,37H,10-12H2,1-3H3,(H2,30,36)/t14-,16+,29+/m1/s1. The first kappa shape index (κ1) is 24.8. The first-order chi connectivity index (χ1) is 17.3. The predicted molar refractivity (Wildman–Crippen MR) is 136 cm³/mol. The average molecular weight is 504 g/mol. The third-order valence-corrected chi connectivity index (χ3v) is 8.01. The lowest BCUT2D eigenvalue weighted by molar-refractivity contribution is -0.147. The number of aliphatic hydroxyl groups excluding tert-OH is 2. The summed E-state index contributed by atoms with van der Waals surface area (Å²) in [5.74, 6) is -6.34. The quantitative estimate of drug-likeness (QED) is 0.393. The molecule has 192 valence electrons. The Morgan fingerprint density at radius 3 is 2.24 bits per heavy atom. The summed E-state index contributed by atoms with van der Waals surface area (Å²) < 4.78 is 0. The number of primary amides is 1. The molecular weight excluding hydrogens is 474 g/mol. The molecular formula is C29H29NO7. The van der Waals surface area contributed by atoms with E-state index in [2.05, 4.69) is 20.8 Å². The Bertz CT molecular complexity index is 1440. The molecule has 8 heteroatoms. The number of nitrogens with two attached hydrogens (primary N) is 1. The smallest absolute Gasteiger partial charge is 0.255 e. The number of fused-ring (bicyclic) bond motifs is 3. The topological polar surface area (TPSA) is 158 Å². The van der Waals surface area contributed by atoms with Crippen LogP contribution in [-0.4, -0.2) is 43.5 Å². The molecule has 0 radical (unpaired) electrons. The fourth-order valence-electron chi connectivity index (χ4n) is 6.04. The predicted octanol–water partition coefficient (Wildman–Crippen LogP) is 3.39. The van der Waals surface area contributed by atoms with Crippen molar-refractivity contribution < 1.29 is 34.8 Å². The van der Waals surface area contributed by atoms with Crippen LogP contribution in [0, 0.1) is 11.8 Å². The Morgan fingerprint density at radius 2 is 1.65 bits per heavy atom. The zero-order valence-electron chi connectivity index (χ0n) is 20.8. The lowest BCUT2D eigenvalue weighted by Gasteiger charge is -2.46. The van der Waals surface area contributed by atoms with E-state index in [9.17, 15) is 34.8 Å². The maximum absolute atomic E-state index is 13.6. The van der Waals surface area contributed by atoms with Crippen LogP contribution < -0.4 is 5.73 Å². The third-order valence-electron chi connectivity index (χ3n) is 8.01. The molecule has 1 saturated carbocycles. The molecule has 37 heavy (non-hydrogen) atoms. The molecule has 3 atom stereocenters. The van der Waals surface area contributed by atoms with Gasteiger partial charge in [0.1, 0.15) is 22.8 Å². The normalized spacial score (nSPS) is 25.5. The van der Waals surface area contributed by atoms with Crippen molar-refractivity contribution in [2.75, 3.05) is 0 Å². The highest BCUT2D eigenvalue weighted by atomic mass is 16.3. The van der Waals surface area contributed by atoms with Crippen LogP contribution in [0.4, 0.5) is 0 Å². The molecule has 3 aliphatic carbocycles. The number of aromatic hydroxyl groups is 1. The molecule has 0 saturated heterocycles. The molecule has 0 aromatic heterocycles. The van der Waals surface area contributed by atoms with Crippen LogP contribution in [0.25, 0.3) is 16.9 Å². The first-order valence-electron chi connectivity index (χ1n) is 12.2. The summed E-state index contributed by atoms with van der Waals surface area (Å²) in [4.78, 5) is 37.9. The molecule has 8 nitrogen and oxygen atoms in total. The fourth-order valence-corrected chi connectivity index (χ4v) is 6.04. The SMILES string of the molecule is CC(C)(C)c1ccc(-c2ccc(O)c3c2C[C@H]2C[C@H]4CC(=O)C(C(N)=O)=C(O)[C@@]4(O)C(=O)C2=C3O)cc1. The van der Waals surface area contributed by atoms with Gasteiger partial charge in [0.25, 0.3) is 5.91 Å². The van der Waals surface area contributed by atoms with Gasteiger partial charge in [-0.1, -0.05) is 51.1 Å². The Hall–Kier alpha value is -3.91. The Kier molecular flexibility index (Phi) is 5.39. The van der Waals surface area contributed by atoms with Gasteiger partial charge >= 0.3 is 0 Å². The van der Waals surface area contributed by atoms with Crippen molar-refractivity contribution in [3.05, 3.63) is 70.0 Å². The van der Waals surface area contributed by atoms with E-state index in [1.165, 1.54) is 6.07 Å². The van der Waals surface area contributed by atoms with Gasteiger partial charge in [-0.25, -0.2) is 0 Å². The van der Waals surface area contributed by atoms with Crippen molar-refractivity contribution in [3.63, 3.8) is 0 Å². The zero-order chi connectivity index (χ0) is 27.0. The monoisotopic (exact) mass is 503 g/mol. The number of phenols is 1. The lowest BCUT2D eigenvalue weighted by Crippen LogP contribution is -2.58. The van der Waals surface area contributed by atoms with Gasteiger partial charge in [0.15, 0.2) is 11.4 Å². The minimum Gasteiger partial charge on any atom is -0.508 e. The van der Waals surface area contributed by atoms with Gasteiger partial charge < -0.3 is 26.2 Å². The van der Waals surface area contributed by atoms with Crippen molar-refractivity contribution in [2.45, 2.75) is 51.0 Å². The summed E-state index contributed by atoms with van der Waals surface area (Å²) in [7, 11) is 0. The van der Waals surface area contributed by atoms with E-state index in [0.717, 1.165) is 16.7 Å². The zero-order valence-corrected chi connectivity index (χ0v) is 20.8. The van der Waals surface area contributed by atoms with Crippen molar-refractivity contribution in [2.24, 2.45) is 17.6 Å². The molecule has 1 amide bonds. The molecule has 5 rings (SSSR count). The summed E-state index contributed by atoms with van der Waals surface area (Å²) in [6.07, 6.45) is 0.0171. The van der Waals surface area contributed by atoms with E-state index >= 15 is 0 Å². The largest absolute Gasteiger partial charge is 0.508 e. The minimum atomic E-state index is -2.56. The summed E-state index contributed by atoms with van der Waals surface area (Å²) >= 11 is 0. The average Bonchev–Trinajstić information content (AvgIpc) is 2.81. The Labute approximate surface area is 213 Å². The molecule has 1 fully saturated rings. The van der Waals surface area contributed by atoms with Gasteiger partial charge in [0.05, 0.1) is 5.56 Å². The third kappa shape index (κ3) is 3.50. The number of phenolic OH excluding ortho intramolecular Hbond substituents is 1. The number of Topliss-reactive ketones (excluding diaryl/α,β-unsaturated/α-hetero) is 2. The summed E-state index contributed by atoms with van der Waals surface area (Å²) in [6.45, 7) is 6.35. The van der Waals surface area contributed by atoms with Gasteiger partial charge in [-0.2, -0.15) is 0 Å². The number of carbonyl (C=O) groups excluding carboxylic acids is 3. The minimum absolute atomic E-state index is 0.0338. The van der Waals surface area contributed by atoms with Crippen LogP contribution in [-0.2, 0) is 26.2 Å². The van der Waals surface area contributed by atoms with Crippen molar-refractivity contribution in [1.82, 2.24) is 0 Å². The number of amides is 1. The van der Waals surface area contributed by atoms with Gasteiger partial charge in [-0.3, -0.25) is 14.4 Å². The number of aliphatic hydroxyl groups is 3. The molecule has 0 bridgehead atoms. The van der Waals surface area contributed by atoms with Crippen molar-refractivity contribution in [3.8, 4) is 16.9 Å². The van der Waals surface area contributed by atoms with E-state index in [1.807, 2.05) is 24.3 Å². The second-order valence-electron chi connectivity index (χ2n) is 11.2. The molecule has 2 aromatic carbocycles. The highest BCUT2D eigenvalue weighted by Crippen LogP contribution is 2.53. The van der Waals surface area contributed by atoms with Gasteiger partial charge in [0, 0.05) is 17.9 Å². The molecule has 3 aliphatic rings. The maximum atomic E-state index is 13.6. The van der Waals surface area contributed by atoms with E-state index in [1.54, 1.807) is 6.07 Å². The van der Waals surface area contributed by atoms with E-state index in [-0.39, 0.29) is 41.6 Å². The van der Waals surface area contributed by atoms with Gasteiger partial charge in [0.2, 0.25) is 5.78 Å². The molecule has 2 aromatic rings. The second kappa shape index (κ2) is 8.05. The number of benzene rings is 2. The highest BCUT2D eigenvalue weighted by Gasteiger charge is 2.60. The van der Waals surface area contributed by atoms with Crippen LogP contribution >= 0.6 is 0 Å². The number of carbonyl (C=O) groups is 3. The lowest BCUT2D eigenvalue weighted by atomic mass is 9.59. The van der Waals surface area contributed by atoms with E-state index < -0.39 is 52.0 Å².